The highest BCUT2D eigenvalue weighted by Gasteiger charge is 2.64. The Bertz CT molecular complexity index is 739. The van der Waals surface area contributed by atoms with Crippen LogP contribution in [0.1, 0.15) is 0 Å². The molecule has 2 aromatic carbocycles. The Morgan fingerprint density at radius 1 is 0.615 bits per heavy atom. The van der Waals surface area contributed by atoms with Crippen molar-refractivity contribution in [2.75, 3.05) is 0 Å². The van der Waals surface area contributed by atoms with E-state index in [0.29, 0.717) is 0 Å². The Labute approximate surface area is 144 Å². The fourth-order valence-corrected chi connectivity index (χ4v) is 1.70. The number of hydrogen-bond donors (Lipinski definition) is 0. The summed E-state index contributed by atoms with van der Waals surface area (Å²) in [6, 6.07) is 12.7. The van der Waals surface area contributed by atoms with Crippen LogP contribution in [0.2, 0.25) is 0 Å². The van der Waals surface area contributed by atoms with Crippen LogP contribution in [-0.4, -0.2) is 29.6 Å². The molecule has 5 nitrogen and oxygen atoms in total. The summed E-state index contributed by atoms with van der Waals surface area (Å²) in [5.74, 6) is -19.6. The summed E-state index contributed by atoms with van der Waals surface area (Å²) in [7, 11) is 0. The first-order valence-corrected chi connectivity index (χ1v) is 7.01. The van der Waals surface area contributed by atoms with Gasteiger partial charge in [-0.15, -0.1) is 0 Å². The summed E-state index contributed by atoms with van der Waals surface area (Å²) in [6.45, 7) is 0. The number of hydrogen-bond acceptors (Lipinski definition) is 5. The zero-order chi connectivity index (χ0) is 19.4. The molecule has 0 amide bonds. The Kier molecular flexibility index (Phi) is 5.39. The fraction of sp³-hybridized carbons (Fsp3) is 0.118. The minimum Gasteiger partial charge on any atom is -0.422 e. The van der Waals surface area contributed by atoms with E-state index in [2.05, 4.69) is 9.47 Å². The van der Waals surface area contributed by atoms with E-state index >= 15 is 0 Å². The van der Waals surface area contributed by atoms with E-state index in [9.17, 15) is 31.9 Å². The van der Waals surface area contributed by atoms with Crippen LogP contribution in [-0.2, 0) is 14.4 Å². The molecule has 0 aliphatic heterocycles. The second-order valence-electron chi connectivity index (χ2n) is 4.88. The first kappa shape index (κ1) is 19.1. The standard InChI is InChI=1S/C17H10F4O5/c18-16(19,14(23)25-11-7-3-1-4-8-11)13(22)17(20,21)15(24)26-12-9-5-2-6-10-12/h1-10H. The molecule has 9 heteroatoms. The van der Waals surface area contributed by atoms with E-state index in [1.165, 1.54) is 36.4 Å². The summed E-state index contributed by atoms with van der Waals surface area (Å²) in [4.78, 5) is 34.3. The van der Waals surface area contributed by atoms with Crippen molar-refractivity contribution >= 4 is 17.7 Å². The third-order valence-electron chi connectivity index (χ3n) is 2.99. The molecule has 0 aliphatic rings. The molecule has 0 heterocycles. The van der Waals surface area contributed by atoms with Gasteiger partial charge in [-0.25, -0.2) is 9.59 Å². The van der Waals surface area contributed by atoms with Gasteiger partial charge in [-0.1, -0.05) is 36.4 Å². The molecule has 0 aliphatic carbocycles. The lowest BCUT2D eigenvalue weighted by Gasteiger charge is -2.19. The second-order valence-corrected chi connectivity index (χ2v) is 4.88. The van der Waals surface area contributed by atoms with Crippen LogP contribution in [0.15, 0.2) is 60.7 Å². The van der Waals surface area contributed by atoms with Gasteiger partial charge < -0.3 is 9.47 Å². The van der Waals surface area contributed by atoms with Gasteiger partial charge in [0.05, 0.1) is 0 Å². The smallest absolute Gasteiger partial charge is 0.407 e. The predicted molar refractivity (Wildman–Crippen MR) is 79.1 cm³/mol. The molecule has 0 N–H and O–H groups in total. The third kappa shape index (κ3) is 4.05. The van der Waals surface area contributed by atoms with Crippen molar-refractivity contribution in [3.05, 3.63) is 60.7 Å². The van der Waals surface area contributed by atoms with E-state index in [1.54, 1.807) is 0 Å². The van der Waals surface area contributed by atoms with Gasteiger partial charge in [-0.2, -0.15) is 17.6 Å². The molecule has 0 fully saturated rings. The predicted octanol–water partition coefficient (Wildman–Crippen LogP) is 3.04. The van der Waals surface area contributed by atoms with Crippen LogP contribution in [0.3, 0.4) is 0 Å². The highest BCUT2D eigenvalue weighted by molar-refractivity contribution is 6.17. The molecular formula is C17H10F4O5. The molecule has 0 saturated carbocycles. The lowest BCUT2D eigenvalue weighted by atomic mass is 10.1. The van der Waals surface area contributed by atoms with Gasteiger partial charge in [0.1, 0.15) is 11.5 Å². The number of carbonyl (C=O) groups is 3. The van der Waals surface area contributed by atoms with Crippen molar-refractivity contribution in [2.45, 2.75) is 11.8 Å². The number of Topliss-reactive ketones (excluding diaryl/α,β-unsaturated/α-hetero) is 1. The van der Waals surface area contributed by atoms with Crippen molar-refractivity contribution in [1.29, 1.82) is 0 Å². The van der Waals surface area contributed by atoms with E-state index in [4.69, 9.17) is 0 Å². The zero-order valence-electron chi connectivity index (χ0n) is 12.8. The van der Waals surface area contributed by atoms with Crippen LogP contribution in [0.25, 0.3) is 0 Å². The highest BCUT2D eigenvalue weighted by Crippen LogP contribution is 2.30. The summed E-state index contributed by atoms with van der Waals surface area (Å²) >= 11 is 0. The average molecular weight is 370 g/mol. The number of ketones is 1. The van der Waals surface area contributed by atoms with Gasteiger partial charge in [0.25, 0.3) is 5.78 Å². The molecule has 2 aromatic rings. The molecule has 0 bridgehead atoms. The normalized spacial score (nSPS) is 11.5. The molecule has 0 saturated heterocycles. The molecular weight excluding hydrogens is 360 g/mol. The molecule has 0 spiro atoms. The second kappa shape index (κ2) is 7.34. The first-order chi connectivity index (χ1) is 12.2. The molecule has 136 valence electrons. The monoisotopic (exact) mass is 370 g/mol. The summed E-state index contributed by atoms with van der Waals surface area (Å²) in [5.41, 5.74) is 0. The third-order valence-corrected chi connectivity index (χ3v) is 2.99. The number of para-hydroxylation sites is 2. The van der Waals surface area contributed by atoms with Gasteiger partial charge in [-0.3, -0.25) is 4.79 Å². The van der Waals surface area contributed by atoms with Crippen LogP contribution in [0, 0.1) is 0 Å². The number of carbonyl (C=O) groups excluding carboxylic acids is 3. The van der Waals surface area contributed by atoms with Crippen molar-refractivity contribution in [3.8, 4) is 11.5 Å². The number of benzene rings is 2. The maximum atomic E-state index is 13.8. The first-order valence-electron chi connectivity index (χ1n) is 7.01. The number of ether oxygens (including phenoxy) is 2. The number of rotatable bonds is 6. The van der Waals surface area contributed by atoms with Crippen molar-refractivity contribution in [2.24, 2.45) is 0 Å². The molecule has 0 unspecified atom stereocenters. The van der Waals surface area contributed by atoms with Gasteiger partial charge in [0.15, 0.2) is 0 Å². The fourth-order valence-electron chi connectivity index (χ4n) is 1.70. The maximum absolute atomic E-state index is 13.8. The highest BCUT2D eigenvalue weighted by atomic mass is 19.3. The minimum absolute atomic E-state index is 0.389. The minimum atomic E-state index is -5.27. The van der Waals surface area contributed by atoms with Crippen molar-refractivity contribution in [3.63, 3.8) is 0 Å². The zero-order valence-corrected chi connectivity index (χ0v) is 12.8. The van der Waals surface area contributed by atoms with Gasteiger partial charge in [0, 0.05) is 0 Å². The van der Waals surface area contributed by atoms with Gasteiger partial charge in [-0.05, 0) is 24.3 Å². The van der Waals surface area contributed by atoms with E-state index in [-0.39, 0.29) is 11.5 Å². The summed E-state index contributed by atoms with van der Waals surface area (Å²) < 4.78 is 63.5. The summed E-state index contributed by atoms with van der Waals surface area (Å²) in [5, 5.41) is 0. The van der Waals surface area contributed by atoms with E-state index in [1.807, 2.05) is 0 Å². The molecule has 0 aromatic heterocycles. The van der Waals surface area contributed by atoms with E-state index < -0.39 is 29.6 Å². The number of alkyl halides is 4. The van der Waals surface area contributed by atoms with Crippen LogP contribution < -0.4 is 9.47 Å². The lowest BCUT2D eigenvalue weighted by molar-refractivity contribution is -0.189. The van der Waals surface area contributed by atoms with Crippen molar-refractivity contribution < 1.29 is 41.4 Å². The van der Waals surface area contributed by atoms with Crippen LogP contribution in [0.5, 0.6) is 11.5 Å². The maximum Gasteiger partial charge on any atom is 0.407 e. The SMILES string of the molecule is O=C(Oc1ccccc1)C(F)(F)C(=O)C(F)(F)C(=O)Oc1ccccc1. The van der Waals surface area contributed by atoms with Gasteiger partial charge >= 0.3 is 23.8 Å². The number of halogens is 4. The largest absolute Gasteiger partial charge is 0.422 e. The molecule has 0 radical (unpaired) electrons. The number of esters is 2. The van der Waals surface area contributed by atoms with Gasteiger partial charge in [0.2, 0.25) is 0 Å². The summed E-state index contributed by atoms with van der Waals surface area (Å²) in [6.07, 6.45) is 0. The lowest BCUT2D eigenvalue weighted by Crippen LogP contribution is -2.54. The Balaban J connectivity index is 2.15. The topological polar surface area (TPSA) is 69.7 Å². The van der Waals surface area contributed by atoms with E-state index in [0.717, 1.165) is 24.3 Å². The molecule has 26 heavy (non-hydrogen) atoms. The van der Waals surface area contributed by atoms with Crippen molar-refractivity contribution in [1.82, 2.24) is 0 Å². The Hall–Kier alpha value is -3.23. The Morgan fingerprint density at radius 2 is 0.923 bits per heavy atom. The van der Waals surface area contributed by atoms with Crippen LogP contribution >= 0.6 is 0 Å². The van der Waals surface area contributed by atoms with Crippen LogP contribution in [0.4, 0.5) is 17.6 Å². The molecule has 0 atom stereocenters. The average Bonchev–Trinajstić information content (AvgIpc) is 2.62. The Morgan fingerprint density at radius 3 is 1.23 bits per heavy atom. The quantitative estimate of drug-likeness (QED) is 0.338. The molecule has 2 rings (SSSR count).